The first-order valence-corrected chi connectivity index (χ1v) is 24.4. The zero-order valence-electron chi connectivity index (χ0n) is 40.6. The van der Waals surface area contributed by atoms with Gasteiger partial charge >= 0.3 is 0 Å². The topological polar surface area (TPSA) is 19.6 Å². The van der Waals surface area contributed by atoms with Crippen LogP contribution >= 0.6 is 0 Å². The molecule has 1 aromatic heterocycles. The number of rotatable bonds is 3. The standard InChI is InChI=1S/C60H67BN2O/c1-36-18-16-17-21-48(36)62-51-35-55-43(42-31-41(58(6,7)8)23-25-54(42)64-55)32-46(51)61-47-33-44-45(60(11,12)27-26-59(44,9)10)34-50(47)63(49-24-22-40(28-37(49)2)57(3,4)5)53-30-39(29-52(62)56(53)61)38-19-14-13-15-20-38/h16-18,21-25,28-35,38H,13-15,19-20,26-27H2,1-12H3. The van der Waals surface area contributed by atoms with Crippen molar-refractivity contribution in [2.24, 2.45) is 0 Å². The quantitative estimate of drug-likeness (QED) is 0.165. The molecule has 1 fully saturated rings. The minimum atomic E-state index is 0.0200. The number of fused-ring (bicyclic) bond motifs is 8. The van der Waals surface area contributed by atoms with Gasteiger partial charge in [-0.3, -0.25) is 0 Å². The molecule has 0 saturated heterocycles. The molecule has 2 aliphatic heterocycles. The van der Waals surface area contributed by atoms with E-state index >= 15 is 0 Å². The second-order valence-corrected chi connectivity index (χ2v) is 23.6. The number of para-hydroxylation sites is 1. The lowest BCUT2D eigenvalue weighted by atomic mass is 9.33. The average molecular weight is 843 g/mol. The highest BCUT2D eigenvalue weighted by atomic mass is 16.3. The molecule has 3 nitrogen and oxygen atoms in total. The Balaban J connectivity index is 1.30. The van der Waals surface area contributed by atoms with Gasteiger partial charge in [-0.15, -0.1) is 0 Å². The molecule has 4 aliphatic rings. The van der Waals surface area contributed by atoms with Crippen molar-refractivity contribution in [3.05, 3.63) is 136 Å². The van der Waals surface area contributed by atoms with Gasteiger partial charge in [0.1, 0.15) is 11.2 Å². The minimum absolute atomic E-state index is 0.0200. The van der Waals surface area contributed by atoms with E-state index in [1.807, 2.05) is 0 Å². The molecule has 326 valence electrons. The zero-order chi connectivity index (χ0) is 44.8. The molecule has 64 heavy (non-hydrogen) atoms. The molecule has 11 rings (SSSR count). The molecule has 1 saturated carbocycles. The minimum Gasteiger partial charge on any atom is -0.456 e. The number of nitrogens with zero attached hydrogens (tertiary/aromatic N) is 2. The van der Waals surface area contributed by atoms with E-state index in [1.165, 1.54) is 145 Å². The summed E-state index contributed by atoms with van der Waals surface area (Å²) in [5.41, 5.74) is 23.8. The summed E-state index contributed by atoms with van der Waals surface area (Å²) in [6.45, 7) is 28.5. The molecule has 0 bridgehead atoms. The lowest BCUT2D eigenvalue weighted by Gasteiger charge is -2.48. The normalized spacial score (nSPS) is 18.0. The Bertz CT molecular complexity index is 3050. The molecule has 0 amide bonds. The van der Waals surface area contributed by atoms with Gasteiger partial charge in [-0.25, -0.2) is 0 Å². The van der Waals surface area contributed by atoms with Crippen LogP contribution in [0.5, 0.6) is 0 Å². The van der Waals surface area contributed by atoms with Crippen molar-refractivity contribution in [3.63, 3.8) is 0 Å². The van der Waals surface area contributed by atoms with E-state index in [9.17, 15) is 0 Å². The molecule has 4 heteroatoms. The molecule has 7 aromatic rings. The fourth-order valence-electron chi connectivity index (χ4n) is 12.2. The average Bonchev–Trinajstić information content (AvgIpc) is 3.61. The van der Waals surface area contributed by atoms with Crippen molar-refractivity contribution in [1.29, 1.82) is 0 Å². The first kappa shape index (κ1) is 41.5. The van der Waals surface area contributed by atoms with Gasteiger partial charge in [0.05, 0.1) is 0 Å². The summed E-state index contributed by atoms with van der Waals surface area (Å²) >= 11 is 0. The lowest BCUT2D eigenvalue weighted by molar-refractivity contribution is 0.332. The molecule has 2 aliphatic carbocycles. The maximum atomic E-state index is 6.89. The predicted octanol–water partition coefficient (Wildman–Crippen LogP) is 15.3. The molecule has 0 radical (unpaired) electrons. The number of hydrogen-bond acceptors (Lipinski definition) is 3. The molecular weight excluding hydrogens is 775 g/mol. The van der Waals surface area contributed by atoms with Crippen molar-refractivity contribution >= 4 is 79.2 Å². The van der Waals surface area contributed by atoms with Crippen LogP contribution in [0.2, 0.25) is 0 Å². The summed E-state index contributed by atoms with van der Waals surface area (Å²) in [7, 11) is 0. The van der Waals surface area contributed by atoms with Crippen LogP contribution in [0.15, 0.2) is 101 Å². The van der Waals surface area contributed by atoms with Crippen LogP contribution in [-0.4, -0.2) is 6.71 Å². The third-order valence-electron chi connectivity index (χ3n) is 16.3. The fraction of sp³-hybridized carbons (Fsp3) is 0.400. The van der Waals surface area contributed by atoms with E-state index in [2.05, 4.69) is 190 Å². The van der Waals surface area contributed by atoms with Gasteiger partial charge in [-0.1, -0.05) is 137 Å². The van der Waals surface area contributed by atoms with E-state index in [0.29, 0.717) is 5.92 Å². The van der Waals surface area contributed by atoms with Gasteiger partial charge < -0.3 is 14.2 Å². The van der Waals surface area contributed by atoms with Crippen molar-refractivity contribution in [1.82, 2.24) is 0 Å². The van der Waals surface area contributed by atoms with Crippen LogP contribution in [0.3, 0.4) is 0 Å². The van der Waals surface area contributed by atoms with E-state index in [1.54, 1.807) is 0 Å². The van der Waals surface area contributed by atoms with E-state index in [-0.39, 0.29) is 28.4 Å². The van der Waals surface area contributed by atoms with Gasteiger partial charge in [0, 0.05) is 51.0 Å². The summed E-state index contributed by atoms with van der Waals surface area (Å²) in [5.74, 6) is 0.527. The predicted molar refractivity (Wildman–Crippen MR) is 276 cm³/mol. The fourth-order valence-corrected chi connectivity index (χ4v) is 12.2. The third kappa shape index (κ3) is 6.35. The van der Waals surface area contributed by atoms with E-state index < -0.39 is 0 Å². The second-order valence-electron chi connectivity index (χ2n) is 23.6. The summed E-state index contributed by atoms with van der Waals surface area (Å²) < 4.78 is 6.89. The van der Waals surface area contributed by atoms with Crippen molar-refractivity contribution in [3.8, 4) is 0 Å². The Morgan fingerprint density at radius 1 is 0.531 bits per heavy atom. The molecule has 0 unspecified atom stereocenters. The number of furan rings is 1. The van der Waals surface area contributed by atoms with Gasteiger partial charge in [-0.05, 0) is 165 Å². The van der Waals surface area contributed by atoms with Crippen molar-refractivity contribution < 1.29 is 4.42 Å². The zero-order valence-corrected chi connectivity index (χ0v) is 40.6. The van der Waals surface area contributed by atoms with Crippen LogP contribution in [0.4, 0.5) is 34.1 Å². The summed E-state index contributed by atoms with van der Waals surface area (Å²) in [6, 6.07) is 38.7. The number of hydrogen-bond donors (Lipinski definition) is 0. The van der Waals surface area contributed by atoms with Crippen LogP contribution < -0.4 is 26.2 Å². The van der Waals surface area contributed by atoms with Gasteiger partial charge in [0.15, 0.2) is 0 Å². The van der Waals surface area contributed by atoms with Gasteiger partial charge in [0.2, 0.25) is 0 Å². The molecule has 0 spiro atoms. The SMILES string of the molecule is Cc1cc(C(C)(C)C)ccc1N1c2cc3c(cc2B2c4cc5c(cc4N(c4ccccc4C)c4cc(C6CCCCC6)cc1c42)oc1ccc(C(C)(C)C)cc15)C(C)(C)CCC3(C)C. The lowest BCUT2D eigenvalue weighted by Crippen LogP contribution is -2.62. The molecule has 6 aromatic carbocycles. The number of aryl methyl sites for hydroxylation is 2. The Kier molecular flexibility index (Phi) is 9.17. The Morgan fingerprint density at radius 2 is 1.09 bits per heavy atom. The summed E-state index contributed by atoms with van der Waals surface area (Å²) in [6.07, 6.45) is 8.76. The Labute approximate surface area is 383 Å². The second kappa shape index (κ2) is 14.1. The van der Waals surface area contributed by atoms with Gasteiger partial charge in [-0.2, -0.15) is 0 Å². The number of benzene rings is 6. The molecule has 3 heterocycles. The van der Waals surface area contributed by atoms with Crippen molar-refractivity contribution in [2.75, 3.05) is 9.80 Å². The van der Waals surface area contributed by atoms with Crippen molar-refractivity contribution in [2.45, 2.75) is 156 Å². The first-order valence-electron chi connectivity index (χ1n) is 24.4. The number of anilines is 6. The smallest absolute Gasteiger partial charge is 0.252 e. The highest BCUT2D eigenvalue weighted by Gasteiger charge is 2.47. The van der Waals surface area contributed by atoms with Crippen LogP contribution in [0, 0.1) is 13.8 Å². The maximum Gasteiger partial charge on any atom is 0.252 e. The molecule has 0 N–H and O–H groups in total. The highest BCUT2D eigenvalue weighted by Crippen LogP contribution is 2.52. The van der Waals surface area contributed by atoms with E-state index in [0.717, 1.165) is 11.2 Å². The summed E-state index contributed by atoms with van der Waals surface area (Å²) in [4.78, 5) is 5.35. The Hall–Kier alpha value is -5.22. The van der Waals surface area contributed by atoms with Crippen LogP contribution in [0.1, 0.15) is 159 Å². The van der Waals surface area contributed by atoms with E-state index in [4.69, 9.17) is 4.42 Å². The van der Waals surface area contributed by atoms with Gasteiger partial charge in [0.25, 0.3) is 6.71 Å². The summed E-state index contributed by atoms with van der Waals surface area (Å²) in [5, 5.41) is 2.40. The largest absolute Gasteiger partial charge is 0.456 e. The molecular formula is C60H67BN2O. The maximum absolute atomic E-state index is 6.89. The highest BCUT2D eigenvalue weighted by molar-refractivity contribution is 7.00. The first-order chi connectivity index (χ1) is 30.3. The monoisotopic (exact) mass is 843 g/mol. The third-order valence-corrected chi connectivity index (χ3v) is 16.3. The molecule has 0 atom stereocenters. The van der Waals surface area contributed by atoms with Crippen LogP contribution in [0.25, 0.3) is 21.9 Å². The Morgan fingerprint density at radius 3 is 1.73 bits per heavy atom. The van der Waals surface area contributed by atoms with Crippen LogP contribution in [-0.2, 0) is 21.7 Å².